The lowest BCUT2D eigenvalue weighted by molar-refractivity contribution is 0.210. The molecule has 2 rings (SSSR count). The van der Waals surface area contributed by atoms with Gasteiger partial charge in [0.15, 0.2) is 0 Å². The summed E-state index contributed by atoms with van der Waals surface area (Å²) in [5.41, 5.74) is 1.73. The lowest BCUT2D eigenvalue weighted by atomic mass is 10.2. The maximum absolute atomic E-state index is 10.5. The number of carbonyl (C=O) groups is 1. The molecule has 0 bridgehead atoms. The van der Waals surface area contributed by atoms with Crippen molar-refractivity contribution in [2.24, 2.45) is 0 Å². The lowest BCUT2D eigenvalue weighted by Gasteiger charge is -2.18. The van der Waals surface area contributed by atoms with Crippen LogP contribution in [0.3, 0.4) is 0 Å². The first-order chi connectivity index (χ1) is 7.25. The first-order valence-corrected chi connectivity index (χ1v) is 5.11. The normalized spacial score (nSPS) is 15.3. The molecule has 1 amide bonds. The summed E-state index contributed by atoms with van der Waals surface area (Å²) in [6.45, 7) is 2.13. The molecule has 2 N–H and O–H groups in total. The first kappa shape index (κ1) is 9.83. The monoisotopic (exact) mass is 206 g/mol. The summed E-state index contributed by atoms with van der Waals surface area (Å²) in [6.07, 6.45) is 1.42. The molecule has 0 unspecified atom stereocenters. The highest BCUT2D eigenvalue weighted by molar-refractivity contribution is 5.83. The van der Waals surface area contributed by atoms with Gasteiger partial charge in [0, 0.05) is 24.5 Å². The zero-order chi connectivity index (χ0) is 10.7. The molecule has 1 heterocycles. The van der Waals surface area contributed by atoms with E-state index in [1.54, 1.807) is 6.07 Å². The minimum Gasteiger partial charge on any atom is -0.465 e. The Morgan fingerprint density at radius 3 is 2.73 bits per heavy atom. The molecule has 4 nitrogen and oxygen atoms in total. The van der Waals surface area contributed by atoms with Gasteiger partial charge in [-0.15, -0.1) is 0 Å². The molecule has 1 saturated heterocycles. The third-order valence-electron chi connectivity index (χ3n) is 2.57. The van der Waals surface area contributed by atoms with E-state index < -0.39 is 6.09 Å². The molecule has 1 aliphatic rings. The molecule has 0 aromatic heterocycles. The second-order valence-corrected chi connectivity index (χ2v) is 3.67. The fourth-order valence-electron chi connectivity index (χ4n) is 1.88. The molecule has 1 aliphatic heterocycles. The van der Waals surface area contributed by atoms with Gasteiger partial charge in [-0.25, -0.2) is 4.79 Å². The van der Waals surface area contributed by atoms with E-state index in [1.807, 2.05) is 18.2 Å². The van der Waals surface area contributed by atoms with Crippen molar-refractivity contribution in [1.82, 2.24) is 0 Å². The van der Waals surface area contributed by atoms with Gasteiger partial charge in [-0.2, -0.15) is 0 Å². The Bertz CT molecular complexity index is 359. The second-order valence-electron chi connectivity index (χ2n) is 3.67. The summed E-state index contributed by atoms with van der Waals surface area (Å²) >= 11 is 0. The Balaban J connectivity index is 2.14. The fourth-order valence-corrected chi connectivity index (χ4v) is 1.88. The van der Waals surface area contributed by atoms with Crippen LogP contribution in [0, 0.1) is 0 Å². The van der Waals surface area contributed by atoms with Gasteiger partial charge < -0.3 is 10.0 Å². The molecule has 0 aliphatic carbocycles. The van der Waals surface area contributed by atoms with Crippen molar-refractivity contribution in [2.45, 2.75) is 12.8 Å². The van der Waals surface area contributed by atoms with Gasteiger partial charge in [0.05, 0.1) is 0 Å². The van der Waals surface area contributed by atoms with Crippen LogP contribution >= 0.6 is 0 Å². The molecule has 80 valence electrons. The van der Waals surface area contributed by atoms with Crippen LogP contribution in [0.15, 0.2) is 24.3 Å². The van der Waals surface area contributed by atoms with Crippen LogP contribution in [0.2, 0.25) is 0 Å². The van der Waals surface area contributed by atoms with Gasteiger partial charge in [0.2, 0.25) is 0 Å². The van der Waals surface area contributed by atoms with Crippen LogP contribution in [0.25, 0.3) is 0 Å². The highest BCUT2D eigenvalue weighted by Gasteiger charge is 2.12. The average Bonchev–Trinajstić information content (AvgIpc) is 2.69. The zero-order valence-electron chi connectivity index (χ0n) is 8.44. The summed E-state index contributed by atoms with van der Waals surface area (Å²) in [6, 6.07) is 7.52. The van der Waals surface area contributed by atoms with Crippen LogP contribution in [0.1, 0.15) is 12.8 Å². The van der Waals surface area contributed by atoms with Crippen molar-refractivity contribution < 1.29 is 9.90 Å². The predicted molar refractivity (Wildman–Crippen MR) is 59.5 cm³/mol. The summed E-state index contributed by atoms with van der Waals surface area (Å²) < 4.78 is 0. The van der Waals surface area contributed by atoms with E-state index in [0.717, 1.165) is 18.8 Å². The topological polar surface area (TPSA) is 52.6 Å². The Hall–Kier alpha value is -1.71. The van der Waals surface area contributed by atoms with Gasteiger partial charge in [0.1, 0.15) is 0 Å². The molecule has 0 saturated carbocycles. The number of benzene rings is 1. The number of nitrogens with one attached hydrogen (secondary N) is 1. The van der Waals surface area contributed by atoms with Crippen LogP contribution in [0.4, 0.5) is 16.2 Å². The van der Waals surface area contributed by atoms with Gasteiger partial charge in [-0.3, -0.25) is 5.32 Å². The Morgan fingerprint density at radius 2 is 2.07 bits per heavy atom. The van der Waals surface area contributed by atoms with E-state index in [2.05, 4.69) is 10.2 Å². The number of nitrogens with zero attached hydrogens (tertiary/aromatic N) is 1. The quantitative estimate of drug-likeness (QED) is 0.781. The highest BCUT2D eigenvalue weighted by atomic mass is 16.4. The average molecular weight is 206 g/mol. The van der Waals surface area contributed by atoms with Gasteiger partial charge in [-0.05, 0) is 31.0 Å². The predicted octanol–water partition coefficient (Wildman–Crippen LogP) is 2.38. The van der Waals surface area contributed by atoms with E-state index in [0.29, 0.717) is 5.69 Å². The molecule has 1 aromatic rings. The van der Waals surface area contributed by atoms with E-state index in [1.165, 1.54) is 12.8 Å². The minimum absolute atomic E-state index is 0.631. The lowest BCUT2D eigenvalue weighted by Crippen LogP contribution is -2.17. The molecule has 0 atom stereocenters. The Morgan fingerprint density at radius 1 is 1.33 bits per heavy atom. The van der Waals surface area contributed by atoms with Crippen LogP contribution < -0.4 is 10.2 Å². The van der Waals surface area contributed by atoms with Crippen molar-refractivity contribution in [3.63, 3.8) is 0 Å². The third-order valence-corrected chi connectivity index (χ3v) is 2.57. The first-order valence-electron chi connectivity index (χ1n) is 5.11. The SMILES string of the molecule is O=C(O)Nc1cccc(N2CCCC2)c1. The van der Waals surface area contributed by atoms with Crippen molar-refractivity contribution in [1.29, 1.82) is 0 Å². The molecule has 0 spiro atoms. The number of amides is 1. The van der Waals surface area contributed by atoms with Crippen LogP contribution in [0.5, 0.6) is 0 Å². The van der Waals surface area contributed by atoms with E-state index in [-0.39, 0.29) is 0 Å². The van der Waals surface area contributed by atoms with Crippen LogP contribution in [-0.2, 0) is 0 Å². The van der Waals surface area contributed by atoms with Crippen molar-refractivity contribution in [3.8, 4) is 0 Å². The number of carboxylic acid groups (broad SMARTS) is 1. The number of anilines is 2. The van der Waals surface area contributed by atoms with Crippen molar-refractivity contribution in [2.75, 3.05) is 23.3 Å². The molecule has 15 heavy (non-hydrogen) atoms. The fraction of sp³-hybridized carbons (Fsp3) is 0.364. The van der Waals surface area contributed by atoms with Gasteiger partial charge in [0.25, 0.3) is 0 Å². The van der Waals surface area contributed by atoms with Crippen molar-refractivity contribution in [3.05, 3.63) is 24.3 Å². The van der Waals surface area contributed by atoms with Crippen LogP contribution in [-0.4, -0.2) is 24.3 Å². The Labute approximate surface area is 88.5 Å². The summed E-state index contributed by atoms with van der Waals surface area (Å²) in [4.78, 5) is 12.7. The maximum Gasteiger partial charge on any atom is 0.409 e. The minimum atomic E-state index is -1.02. The Kier molecular flexibility index (Phi) is 2.76. The standard InChI is InChI=1S/C11H14N2O2/c14-11(15)12-9-4-3-5-10(8-9)13-6-1-2-7-13/h3-5,8,12H,1-2,6-7H2,(H,14,15). The zero-order valence-corrected chi connectivity index (χ0v) is 8.44. The second kappa shape index (κ2) is 4.21. The largest absolute Gasteiger partial charge is 0.465 e. The smallest absolute Gasteiger partial charge is 0.409 e. The van der Waals surface area contributed by atoms with E-state index >= 15 is 0 Å². The molecule has 4 heteroatoms. The number of hydrogen-bond acceptors (Lipinski definition) is 2. The molecular weight excluding hydrogens is 192 g/mol. The highest BCUT2D eigenvalue weighted by Crippen LogP contribution is 2.23. The molecule has 0 radical (unpaired) electrons. The molecular formula is C11H14N2O2. The number of hydrogen-bond donors (Lipinski definition) is 2. The van der Waals surface area contributed by atoms with E-state index in [9.17, 15) is 4.79 Å². The molecule has 1 aromatic carbocycles. The van der Waals surface area contributed by atoms with E-state index in [4.69, 9.17) is 5.11 Å². The molecule has 1 fully saturated rings. The van der Waals surface area contributed by atoms with Crippen molar-refractivity contribution >= 4 is 17.5 Å². The summed E-state index contributed by atoms with van der Waals surface area (Å²) in [5.74, 6) is 0. The number of rotatable bonds is 2. The van der Waals surface area contributed by atoms with Gasteiger partial charge >= 0.3 is 6.09 Å². The van der Waals surface area contributed by atoms with Gasteiger partial charge in [-0.1, -0.05) is 6.07 Å². The maximum atomic E-state index is 10.5. The summed E-state index contributed by atoms with van der Waals surface area (Å²) in [5, 5.41) is 11.0. The third kappa shape index (κ3) is 2.40. The summed E-state index contributed by atoms with van der Waals surface area (Å²) in [7, 11) is 0.